The van der Waals surface area contributed by atoms with E-state index in [4.69, 9.17) is 0 Å². The molecule has 0 saturated heterocycles. The fourth-order valence-corrected chi connectivity index (χ4v) is 2.94. The monoisotopic (exact) mass is 303 g/mol. The highest BCUT2D eigenvalue weighted by atomic mass is 32.2. The van der Waals surface area contributed by atoms with Crippen LogP contribution in [0.3, 0.4) is 0 Å². The van der Waals surface area contributed by atoms with E-state index in [1.807, 2.05) is 30.4 Å². The maximum atomic E-state index is 4.38. The van der Waals surface area contributed by atoms with E-state index < -0.39 is 0 Å². The average molecular weight is 303 g/mol. The number of aryl methyl sites for hydroxylation is 2. The molecule has 3 nitrogen and oxygen atoms in total. The average Bonchev–Trinajstić information content (AvgIpc) is 2.73. The van der Waals surface area contributed by atoms with Crippen LogP contribution < -0.4 is 5.32 Å². The molecule has 1 aromatic heterocycles. The number of nitrogens with one attached hydrogen (secondary N) is 1. The van der Waals surface area contributed by atoms with Crippen LogP contribution in [0, 0.1) is 6.92 Å². The smallest absolute Gasteiger partial charge is 0.0596 e. The fraction of sp³-hybridized carbons (Fsp3) is 0.471. The van der Waals surface area contributed by atoms with Crippen molar-refractivity contribution >= 4 is 11.8 Å². The van der Waals surface area contributed by atoms with Gasteiger partial charge in [-0.1, -0.05) is 12.1 Å². The summed E-state index contributed by atoms with van der Waals surface area (Å²) in [5, 5.41) is 7.89. The van der Waals surface area contributed by atoms with Crippen molar-refractivity contribution in [1.82, 2.24) is 15.1 Å². The molecule has 0 unspecified atom stereocenters. The number of hydrogen-bond acceptors (Lipinski definition) is 3. The van der Waals surface area contributed by atoms with Gasteiger partial charge in [-0.3, -0.25) is 4.68 Å². The van der Waals surface area contributed by atoms with Crippen LogP contribution in [0.15, 0.2) is 35.2 Å². The predicted molar refractivity (Wildman–Crippen MR) is 90.5 cm³/mol. The SMILES string of the molecule is Cc1cc(CSc2ccc(CNC(C)(C)C)cc2)n(C)n1. The molecule has 2 aromatic rings. The summed E-state index contributed by atoms with van der Waals surface area (Å²) >= 11 is 1.85. The van der Waals surface area contributed by atoms with Gasteiger partial charge in [0, 0.05) is 35.5 Å². The number of nitrogens with zero attached hydrogens (tertiary/aromatic N) is 2. The third-order valence-electron chi connectivity index (χ3n) is 3.23. The van der Waals surface area contributed by atoms with Gasteiger partial charge in [0.1, 0.15) is 0 Å². The first kappa shape index (κ1) is 16.1. The van der Waals surface area contributed by atoms with E-state index in [0.29, 0.717) is 0 Å². The Morgan fingerprint density at radius 1 is 1.19 bits per heavy atom. The van der Waals surface area contributed by atoms with Crippen LogP contribution in [0.2, 0.25) is 0 Å². The minimum atomic E-state index is 0.158. The van der Waals surface area contributed by atoms with Crippen molar-refractivity contribution in [2.75, 3.05) is 0 Å². The third-order valence-corrected chi connectivity index (χ3v) is 4.28. The maximum Gasteiger partial charge on any atom is 0.0596 e. The Hall–Kier alpha value is -1.26. The fourth-order valence-electron chi connectivity index (χ4n) is 2.03. The summed E-state index contributed by atoms with van der Waals surface area (Å²) in [7, 11) is 2.00. The first-order valence-electron chi connectivity index (χ1n) is 7.30. The molecule has 21 heavy (non-hydrogen) atoms. The molecule has 1 heterocycles. The molecule has 0 amide bonds. The lowest BCUT2D eigenvalue weighted by Gasteiger charge is -2.20. The zero-order valence-electron chi connectivity index (χ0n) is 13.6. The first-order chi connectivity index (χ1) is 9.83. The molecule has 0 aliphatic rings. The van der Waals surface area contributed by atoms with E-state index >= 15 is 0 Å². The zero-order chi connectivity index (χ0) is 15.5. The first-order valence-corrected chi connectivity index (χ1v) is 8.28. The topological polar surface area (TPSA) is 29.9 Å². The summed E-state index contributed by atoms with van der Waals surface area (Å²) in [4.78, 5) is 1.30. The van der Waals surface area contributed by atoms with Gasteiger partial charge in [-0.25, -0.2) is 0 Å². The summed E-state index contributed by atoms with van der Waals surface area (Å²) in [5.74, 6) is 0.955. The molecule has 1 aromatic carbocycles. The standard InChI is InChI=1S/C17H25N3S/c1-13-10-15(20(5)19-13)12-21-16-8-6-14(7-9-16)11-18-17(2,3)4/h6-10,18H,11-12H2,1-5H3. The molecule has 0 bridgehead atoms. The molecule has 0 saturated carbocycles. The van der Waals surface area contributed by atoms with Gasteiger partial charge in [0.25, 0.3) is 0 Å². The van der Waals surface area contributed by atoms with Gasteiger partial charge in [-0.15, -0.1) is 11.8 Å². The third kappa shape index (κ3) is 5.21. The number of benzene rings is 1. The Labute approximate surface area is 132 Å². The summed E-state index contributed by atoms with van der Waals surface area (Å²) in [6, 6.07) is 11.0. The molecule has 114 valence electrons. The molecule has 0 atom stereocenters. The van der Waals surface area contributed by atoms with Gasteiger partial charge >= 0.3 is 0 Å². The summed E-state index contributed by atoms with van der Waals surface area (Å²) in [6.45, 7) is 9.51. The van der Waals surface area contributed by atoms with Crippen molar-refractivity contribution in [2.24, 2.45) is 7.05 Å². The van der Waals surface area contributed by atoms with Crippen LogP contribution in [-0.4, -0.2) is 15.3 Å². The van der Waals surface area contributed by atoms with Gasteiger partial charge in [0.2, 0.25) is 0 Å². The second-order valence-electron chi connectivity index (χ2n) is 6.44. The molecule has 4 heteroatoms. The molecule has 0 fully saturated rings. The largest absolute Gasteiger partial charge is 0.308 e. The minimum Gasteiger partial charge on any atom is -0.308 e. The molecule has 2 rings (SSSR count). The lowest BCUT2D eigenvalue weighted by atomic mass is 10.1. The van der Waals surface area contributed by atoms with Crippen LogP contribution in [0.25, 0.3) is 0 Å². The Balaban J connectivity index is 1.89. The van der Waals surface area contributed by atoms with E-state index in [1.165, 1.54) is 16.2 Å². The van der Waals surface area contributed by atoms with Gasteiger partial charge < -0.3 is 5.32 Å². The van der Waals surface area contributed by atoms with Crippen molar-refractivity contribution in [3.05, 3.63) is 47.3 Å². The van der Waals surface area contributed by atoms with E-state index in [-0.39, 0.29) is 5.54 Å². The molecule has 0 spiro atoms. The summed E-state index contributed by atoms with van der Waals surface area (Å²) in [5.41, 5.74) is 3.82. The van der Waals surface area contributed by atoms with Crippen molar-refractivity contribution in [1.29, 1.82) is 0 Å². The number of aromatic nitrogens is 2. The number of rotatable bonds is 5. The molecule has 1 N–H and O–H groups in total. The summed E-state index contributed by atoms with van der Waals surface area (Å²) < 4.78 is 1.96. The molecule has 0 aliphatic carbocycles. The molecule has 0 radical (unpaired) electrons. The highest BCUT2D eigenvalue weighted by Crippen LogP contribution is 2.23. The molecular formula is C17H25N3S. The lowest BCUT2D eigenvalue weighted by molar-refractivity contribution is 0.424. The van der Waals surface area contributed by atoms with Crippen molar-refractivity contribution in [2.45, 2.75) is 50.4 Å². The number of hydrogen-bond donors (Lipinski definition) is 1. The molecule has 0 aliphatic heterocycles. The van der Waals surface area contributed by atoms with Crippen LogP contribution in [0.4, 0.5) is 0 Å². The Kier molecular flexibility index (Phi) is 5.12. The maximum absolute atomic E-state index is 4.38. The Bertz CT molecular complexity index is 579. The van der Waals surface area contributed by atoms with Crippen molar-refractivity contribution in [3.8, 4) is 0 Å². The van der Waals surface area contributed by atoms with E-state index in [9.17, 15) is 0 Å². The highest BCUT2D eigenvalue weighted by molar-refractivity contribution is 7.98. The number of thioether (sulfide) groups is 1. The molecular weight excluding hydrogens is 278 g/mol. The van der Waals surface area contributed by atoms with Gasteiger partial charge in [0.15, 0.2) is 0 Å². The van der Waals surface area contributed by atoms with Crippen LogP contribution in [0.1, 0.15) is 37.7 Å². The van der Waals surface area contributed by atoms with Crippen molar-refractivity contribution < 1.29 is 0 Å². The van der Waals surface area contributed by atoms with Gasteiger partial charge in [0.05, 0.1) is 5.69 Å². The zero-order valence-corrected chi connectivity index (χ0v) is 14.4. The summed E-state index contributed by atoms with van der Waals surface area (Å²) in [6.07, 6.45) is 0. The second kappa shape index (κ2) is 6.67. The Morgan fingerprint density at radius 3 is 2.38 bits per heavy atom. The predicted octanol–water partition coefficient (Wildman–Crippen LogP) is 3.91. The van der Waals surface area contributed by atoms with E-state index in [2.05, 4.69) is 61.5 Å². The van der Waals surface area contributed by atoms with Gasteiger partial charge in [-0.05, 0) is 51.5 Å². The van der Waals surface area contributed by atoms with E-state index in [0.717, 1.165) is 18.0 Å². The van der Waals surface area contributed by atoms with Gasteiger partial charge in [-0.2, -0.15) is 5.10 Å². The second-order valence-corrected chi connectivity index (χ2v) is 7.49. The quantitative estimate of drug-likeness (QED) is 0.849. The highest BCUT2D eigenvalue weighted by Gasteiger charge is 2.08. The normalized spacial score (nSPS) is 11.9. The van der Waals surface area contributed by atoms with Crippen LogP contribution in [-0.2, 0) is 19.3 Å². The van der Waals surface area contributed by atoms with E-state index in [1.54, 1.807) is 0 Å². The van der Waals surface area contributed by atoms with Crippen LogP contribution in [0.5, 0.6) is 0 Å². The van der Waals surface area contributed by atoms with Crippen molar-refractivity contribution in [3.63, 3.8) is 0 Å². The van der Waals surface area contributed by atoms with Crippen LogP contribution >= 0.6 is 11.8 Å². The lowest BCUT2D eigenvalue weighted by Crippen LogP contribution is -2.35. The Morgan fingerprint density at radius 2 is 1.86 bits per heavy atom. The minimum absolute atomic E-state index is 0.158.